The summed E-state index contributed by atoms with van der Waals surface area (Å²) >= 11 is 0. The van der Waals surface area contributed by atoms with Crippen LogP contribution in [0.4, 0.5) is 11.4 Å². The minimum Gasteiger partial charge on any atom is -0.398 e. The third-order valence-electron chi connectivity index (χ3n) is 4.24. The van der Waals surface area contributed by atoms with Crippen molar-refractivity contribution < 1.29 is 0 Å². The number of anilines is 2. The van der Waals surface area contributed by atoms with Crippen LogP contribution in [0.5, 0.6) is 0 Å². The maximum absolute atomic E-state index is 6.06. The average molecular weight is 281 g/mol. The molecule has 3 rings (SSSR count). The zero-order chi connectivity index (χ0) is 14.8. The predicted octanol–water partition coefficient (Wildman–Crippen LogP) is 2.89. The molecule has 2 aromatic rings. The Morgan fingerprint density at radius 1 is 1.10 bits per heavy atom. The first-order valence-electron chi connectivity index (χ1n) is 7.48. The average Bonchev–Trinajstić information content (AvgIpc) is 2.48. The Bertz CT molecular complexity index is 617. The lowest BCUT2D eigenvalue weighted by molar-refractivity contribution is 0.246. The fourth-order valence-corrected chi connectivity index (χ4v) is 2.99. The van der Waals surface area contributed by atoms with Gasteiger partial charge in [0.05, 0.1) is 0 Å². The van der Waals surface area contributed by atoms with E-state index >= 15 is 0 Å². The van der Waals surface area contributed by atoms with E-state index in [0.717, 1.165) is 31.7 Å². The van der Waals surface area contributed by atoms with Crippen molar-refractivity contribution in [2.45, 2.75) is 19.5 Å². The number of nitrogen functional groups attached to an aromatic ring is 1. The van der Waals surface area contributed by atoms with Gasteiger partial charge in [0.25, 0.3) is 0 Å². The first-order chi connectivity index (χ1) is 10.1. The van der Waals surface area contributed by atoms with Crippen LogP contribution in [0.25, 0.3) is 0 Å². The molecule has 0 bridgehead atoms. The highest BCUT2D eigenvalue weighted by atomic mass is 15.1. The van der Waals surface area contributed by atoms with Crippen molar-refractivity contribution in [2.24, 2.45) is 0 Å². The lowest BCUT2D eigenvalue weighted by Gasteiger charge is -2.29. The van der Waals surface area contributed by atoms with E-state index in [-0.39, 0.29) is 0 Å². The molecule has 1 heterocycles. The highest BCUT2D eigenvalue weighted by molar-refractivity contribution is 5.52. The van der Waals surface area contributed by atoms with Gasteiger partial charge in [-0.05, 0) is 41.3 Å². The number of fused-ring (bicyclic) bond motifs is 1. The number of benzene rings is 2. The lowest BCUT2D eigenvalue weighted by Crippen LogP contribution is -2.30. The second-order valence-corrected chi connectivity index (χ2v) is 6.01. The van der Waals surface area contributed by atoms with Crippen LogP contribution in [0.1, 0.15) is 16.7 Å². The number of hydrogen-bond acceptors (Lipinski definition) is 3. The van der Waals surface area contributed by atoms with E-state index in [2.05, 4.69) is 60.3 Å². The molecule has 0 atom stereocenters. The minimum atomic E-state index is 0.947. The first kappa shape index (κ1) is 14.0. The van der Waals surface area contributed by atoms with Gasteiger partial charge in [-0.1, -0.05) is 24.3 Å². The van der Waals surface area contributed by atoms with Gasteiger partial charge in [0, 0.05) is 45.1 Å². The van der Waals surface area contributed by atoms with Crippen molar-refractivity contribution in [3.8, 4) is 0 Å². The highest BCUT2D eigenvalue weighted by Crippen LogP contribution is 2.25. The summed E-state index contributed by atoms with van der Waals surface area (Å²) in [7, 11) is 4.14. The Kier molecular flexibility index (Phi) is 3.84. The molecule has 0 aliphatic carbocycles. The molecular formula is C18H23N3. The first-order valence-corrected chi connectivity index (χ1v) is 7.48. The zero-order valence-corrected chi connectivity index (χ0v) is 12.8. The van der Waals surface area contributed by atoms with Gasteiger partial charge >= 0.3 is 0 Å². The summed E-state index contributed by atoms with van der Waals surface area (Å²) in [4.78, 5) is 4.62. The SMILES string of the molecule is CN(C)c1ccc(CN2CCc3c(N)cccc3C2)cc1. The van der Waals surface area contributed by atoms with Gasteiger partial charge in [-0.25, -0.2) is 0 Å². The summed E-state index contributed by atoms with van der Waals surface area (Å²) in [6, 6.07) is 15.1. The summed E-state index contributed by atoms with van der Waals surface area (Å²) in [6.07, 6.45) is 1.05. The van der Waals surface area contributed by atoms with Gasteiger partial charge in [0.15, 0.2) is 0 Å². The molecule has 2 aromatic carbocycles. The van der Waals surface area contributed by atoms with Crippen molar-refractivity contribution in [2.75, 3.05) is 31.3 Å². The van der Waals surface area contributed by atoms with Gasteiger partial charge in [-0.3, -0.25) is 4.90 Å². The van der Waals surface area contributed by atoms with Crippen molar-refractivity contribution in [1.82, 2.24) is 4.90 Å². The number of hydrogen-bond donors (Lipinski definition) is 1. The Hall–Kier alpha value is -2.00. The van der Waals surface area contributed by atoms with Crippen molar-refractivity contribution in [3.05, 3.63) is 59.2 Å². The van der Waals surface area contributed by atoms with E-state index < -0.39 is 0 Å². The van der Waals surface area contributed by atoms with Gasteiger partial charge in [-0.2, -0.15) is 0 Å². The van der Waals surface area contributed by atoms with Crippen molar-refractivity contribution in [1.29, 1.82) is 0 Å². The molecule has 3 nitrogen and oxygen atoms in total. The van der Waals surface area contributed by atoms with Gasteiger partial charge in [-0.15, -0.1) is 0 Å². The molecule has 1 aliphatic heterocycles. The fraction of sp³-hybridized carbons (Fsp3) is 0.333. The predicted molar refractivity (Wildman–Crippen MR) is 89.4 cm³/mol. The molecule has 0 fully saturated rings. The molecule has 21 heavy (non-hydrogen) atoms. The van der Waals surface area contributed by atoms with Crippen LogP contribution in [0.15, 0.2) is 42.5 Å². The summed E-state index contributed by atoms with van der Waals surface area (Å²) in [5.41, 5.74) is 12.3. The van der Waals surface area contributed by atoms with Crippen LogP contribution in [0.2, 0.25) is 0 Å². The maximum Gasteiger partial charge on any atom is 0.0361 e. The zero-order valence-electron chi connectivity index (χ0n) is 12.8. The lowest BCUT2D eigenvalue weighted by atomic mass is 9.97. The molecule has 0 aromatic heterocycles. The Labute approximate surface area is 127 Å². The van der Waals surface area contributed by atoms with Gasteiger partial charge in [0.1, 0.15) is 0 Å². The molecule has 0 saturated carbocycles. The van der Waals surface area contributed by atoms with Crippen LogP contribution >= 0.6 is 0 Å². The molecule has 0 amide bonds. The van der Waals surface area contributed by atoms with E-state index in [1.54, 1.807) is 0 Å². The molecule has 3 heteroatoms. The molecular weight excluding hydrogens is 258 g/mol. The molecule has 0 saturated heterocycles. The monoisotopic (exact) mass is 281 g/mol. The highest BCUT2D eigenvalue weighted by Gasteiger charge is 2.17. The Morgan fingerprint density at radius 2 is 1.86 bits per heavy atom. The van der Waals surface area contributed by atoms with Gasteiger partial charge in [0.2, 0.25) is 0 Å². The number of rotatable bonds is 3. The maximum atomic E-state index is 6.06. The van der Waals surface area contributed by atoms with Crippen molar-refractivity contribution >= 4 is 11.4 Å². The number of nitrogens with zero attached hydrogens (tertiary/aromatic N) is 2. The summed E-state index contributed by atoms with van der Waals surface area (Å²) in [6.45, 7) is 3.08. The van der Waals surface area contributed by atoms with Crippen LogP contribution in [0.3, 0.4) is 0 Å². The van der Waals surface area contributed by atoms with Crippen LogP contribution < -0.4 is 10.6 Å². The van der Waals surface area contributed by atoms with E-state index in [9.17, 15) is 0 Å². The largest absolute Gasteiger partial charge is 0.398 e. The Balaban J connectivity index is 1.69. The second-order valence-electron chi connectivity index (χ2n) is 6.01. The van der Waals surface area contributed by atoms with E-state index in [0.29, 0.717) is 0 Å². The molecule has 0 unspecified atom stereocenters. The van der Waals surface area contributed by atoms with E-state index in [4.69, 9.17) is 5.73 Å². The third-order valence-corrected chi connectivity index (χ3v) is 4.24. The van der Waals surface area contributed by atoms with Crippen molar-refractivity contribution in [3.63, 3.8) is 0 Å². The third kappa shape index (κ3) is 3.03. The summed E-state index contributed by atoms with van der Waals surface area (Å²) in [5, 5.41) is 0. The molecule has 1 aliphatic rings. The molecule has 0 radical (unpaired) electrons. The smallest absolute Gasteiger partial charge is 0.0361 e. The van der Waals surface area contributed by atoms with Gasteiger partial charge < -0.3 is 10.6 Å². The normalized spacial score (nSPS) is 14.8. The van der Waals surface area contributed by atoms with E-state index in [1.165, 1.54) is 22.4 Å². The molecule has 2 N–H and O–H groups in total. The summed E-state index contributed by atoms with van der Waals surface area (Å²) in [5.74, 6) is 0. The summed E-state index contributed by atoms with van der Waals surface area (Å²) < 4.78 is 0. The standard InChI is InChI=1S/C18H23N3/c1-20(2)16-8-6-14(7-9-16)12-21-11-10-17-15(13-21)4-3-5-18(17)19/h3-9H,10-13,19H2,1-2H3. The van der Waals surface area contributed by atoms with E-state index in [1.807, 2.05) is 6.07 Å². The van der Waals surface area contributed by atoms with Crippen LogP contribution in [0, 0.1) is 0 Å². The number of nitrogens with two attached hydrogens (primary N) is 1. The quantitative estimate of drug-likeness (QED) is 0.878. The molecule has 110 valence electrons. The topological polar surface area (TPSA) is 32.5 Å². The fourth-order valence-electron chi connectivity index (χ4n) is 2.99. The Morgan fingerprint density at radius 3 is 2.57 bits per heavy atom. The minimum absolute atomic E-state index is 0.947. The van der Waals surface area contributed by atoms with Crippen LogP contribution in [-0.2, 0) is 19.5 Å². The van der Waals surface area contributed by atoms with Crippen LogP contribution in [-0.4, -0.2) is 25.5 Å². The molecule has 0 spiro atoms. The second kappa shape index (κ2) is 5.78.